The molecule has 134 valence electrons. The zero-order valence-electron chi connectivity index (χ0n) is 13.8. The van der Waals surface area contributed by atoms with E-state index in [1.807, 2.05) is 24.3 Å². The number of H-pyrrole nitrogens is 1. The van der Waals surface area contributed by atoms with Crippen LogP contribution in [0.5, 0.6) is 11.5 Å². The van der Waals surface area contributed by atoms with E-state index in [0.29, 0.717) is 27.1 Å². The lowest BCUT2D eigenvalue weighted by Gasteiger charge is -2.04. The molecule has 0 aliphatic rings. The van der Waals surface area contributed by atoms with Gasteiger partial charge in [-0.15, -0.1) is 0 Å². The zero-order valence-corrected chi connectivity index (χ0v) is 17.0. The quantitative estimate of drug-likeness (QED) is 0.314. The van der Waals surface area contributed by atoms with Gasteiger partial charge in [0.25, 0.3) is 0 Å². The largest absolute Gasteiger partial charge is 0.507 e. The van der Waals surface area contributed by atoms with Crippen molar-refractivity contribution in [1.82, 2.24) is 9.97 Å². The monoisotopic (exact) mass is 485 g/mol. The van der Waals surface area contributed by atoms with Crippen LogP contribution in [0.15, 0.2) is 68.5 Å². The Hall–Kier alpha value is -2.64. The number of rotatable bonds is 3. The molecule has 0 amide bonds. The molecule has 0 bridgehead atoms. The number of phenols is 2. The van der Waals surface area contributed by atoms with Crippen LogP contribution in [-0.2, 0) is 0 Å². The van der Waals surface area contributed by atoms with Crippen LogP contribution in [0.1, 0.15) is 5.56 Å². The maximum absolute atomic E-state index is 10.3. The molecule has 0 radical (unpaired) electrons. The van der Waals surface area contributed by atoms with Gasteiger partial charge in [0.2, 0.25) is 0 Å². The molecule has 3 N–H and O–H groups in total. The van der Waals surface area contributed by atoms with E-state index in [1.165, 1.54) is 0 Å². The number of aromatic hydroxyl groups is 2. The van der Waals surface area contributed by atoms with Gasteiger partial charge in [-0.25, -0.2) is 4.98 Å². The van der Waals surface area contributed by atoms with Gasteiger partial charge in [0.1, 0.15) is 17.3 Å². The number of hydrogen-bond donors (Lipinski definition) is 3. The fourth-order valence-electron chi connectivity index (χ4n) is 2.70. The highest BCUT2D eigenvalue weighted by atomic mass is 79.9. The van der Waals surface area contributed by atoms with Crippen LogP contribution in [0.3, 0.4) is 0 Å². The molecule has 4 rings (SSSR count). The van der Waals surface area contributed by atoms with Gasteiger partial charge in [-0.3, -0.25) is 4.99 Å². The summed E-state index contributed by atoms with van der Waals surface area (Å²) < 4.78 is 1.40. The fourth-order valence-corrected chi connectivity index (χ4v) is 3.96. The maximum atomic E-state index is 10.3. The first kappa shape index (κ1) is 17.8. The first-order valence-corrected chi connectivity index (χ1v) is 9.60. The number of hydrogen-bond acceptors (Lipinski definition) is 4. The molecule has 0 aliphatic heterocycles. The Kier molecular flexibility index (Phi) is 4.72. The average Bonchev–Trinajstić information content (AvgIpc) is 3.08. The number of benzene rings is 3. The van der Waals surface area contributed by atoms with E-state index in [1.54, 1.807) is 36.5 Å². The van der Waals surface area contributed by atoms with E-state index >= 15 is 0 Å². The Morgan fingerprint density at radius 1 is 1.00 bits per heavy atom. The second-order valence-electron chi connectivity index (χ2n) is 5.89. The Morgan fingerprint density at radius 2 is 1.81 bits per heavy atom. The van der Waals surface area contributed by atoms with E-state index in [2.05, 4.69) is 46.8 Å². The van der Waals surface area contributed by atoms with Crippen molar-refractivity contribution in [3.8, 4) is 22.9 Å². The van der Waals surface area contributed by atoms with Crippen LogP contribution < -0.4 is 0 Å². The van der Waals surface area contributed by atoms with Crippen molar-refractivity contribution >= 4 is 54.8 Å². The van der Waals surface area contributed by atoms with E-state index in [9.17, 15) is 10.2 Å². The Morgan fingerprint density at radius 3 is 2.63 bits per heavy atom. The molecule has 4 aromatic rings. The number of nitrogens with one attached hydrogen (secondary N) is 1. The third-order valence-corrected chi connectivity index (χ3v) is 5.10. The van der Waals surface area contributed by atoms with Gasteiger partial charge in [-0.1, -0.05) is 28.1 Å². The molecule has 0 saturated carbocycles. The number of aliphatic imine (C=N–C) groups is 1. The van der Waals surface area contributed by atoms with Gasteiger partial charge in [0.05, 0.1) is 26.8 Å². The summed E-state index contributed by atoms with van der Waals surface area (Å²) in [7, 11) is 0. The van der Waals surface area contributed by atoms with Gasteiger partial charge >= 0.3 is 0 Å². The van der Waals surface area contributed by atoms with Crippen molar-refractivity contribution in [2.45, 2.75) is 0 Å². The normalized spacial score (nSPS) is 11.5. The minimum atomic E-state index is 0.109. The number of aromatic amines is 1. The minimum Gasteiger partial charge on any atom is -0.507 e. The highest BCUT2D eigenvalue weighted by Gasteiger charge is 2.11. The predicted octanol–water partition coefficient (Wildman–Crippen LogP) is 5.92. The first-order valence-electron chi connectivity index (χ1n) is 8.01. The summed E-state index contributed by atoms with van der Waals surface area (Å²) in [6.45, 7) is 0. The molecule has 1 heterocycles. The van der Waals surface area contributed by atoms with E-state index in [4.69, 9.17) is 0 Å². The lowest BCUT2D eigenvalue weighted by Crippen LogP contribution is -1.85. The van der Waals surface area contributed by atoms with Gasteiger partial charge in [-0.05, 0) is 58.4 Å². The molecule has 0 unspecified atom stereocenters. The SMILES string of the molecule is Oc1ccc(N=Cc2cc(Br)cc(Br)c2O)cc1-c1nc2ccccc2[nH]1. The van der Waals surface area contributed by atoms with Gasteiger partial charge in [-0.2, -0.15) is 0 Å². The number of phenolic OH excluding ortho intramolecular Hbond substituents is 2. The van der Waals surface area contributed by atoms with Crippen molar-refractivity contribution in [3.63, 3.8) is 0 Å². The molecule has 1 aromatic heterocycles. The van der Waals surface area contributed by atoms with Gasteiger partial charge in [0.15, 0.2) is 0 Å². The molecule has 0 atom stereocenters. The molecule has 0 aliphatic carbocycles. The Labute approximate surface area is 171 Å². The Balaban J connectivity index is 1.72. The van der Waals surface area contributed by atoms with Crippen LogP contribution in [-0.4, -0.2) is 26.4 Å². The van der Waals surface area contributed by atoms with Crippen molar-refractivity contribution in [2.75, 3.05) is 0 Å². The lowest BCUT2D eigenvalue weighted by atomic mass is 10.1. The predicted molar refractivity (Wildman–Crippen MR) is 114 cm³/mol. The van der Waals surface area contributed by atoms with E-state index < -0.39 is 0 Å². The number of aromatic nitrogens is 2. The van der Waals surface area contributed by atoms with E-state index in [-0.39, 0.29) is 11.5 Å². The summed E-state index contributed by atoms with van der Waals surface area (Å²) in [5, 5.41) is 20.4. The highest BCUT2D eigenvalue weighted by Crippen LogP contribution is 2.33. The number of para-hydroxylation sites is 2. The van der Waals surface area contributed by atoms with E-state index in [0.717, 1.165) is 15.5 Å². The van der Waals surface area contributed by atoms with Crippen LogP contribution in [0.4, 0.5) is 5.69 Å². The molecule has 27 heavy (non-hydrogen) atoms. The number of fused-ring (bicyclic) bond motifs is 1. The number of nitrogens with zero attached hydrogens (tertiary/aromatic N) is 2. The summed E-state index contributed by atoms with van der Waals surface area (Å²) >= 11 is 6.70. The molecular formula is C20H13Br2N3O2. The lowest BCUT2D eigenvalue weighted by molar-refractivity contribution is 0.471. The molecule has 7 heteroatoms. The van der Waals surface area contributed by atoms with Crippen molar-refractivity contribution in [2.24, 2.45) is 4.99 Å². The molecule has 5 nitrogen and oxygen atoms in total. The van der Waals surface area contributed by atoms with Crippen molar-refractivity contribution in [3.05, 3.63) is 69.1 Å². The summed E-state index contributed by atoms with van der Waals surface area (Å²) in [6.07, 6.45) is 1.57. The molecule has 3 aromatic carbocycles. The summed E-state index contributed by atoms with van der Waals surface area (Å²) in [4.78, 5) is 12.1. The summed E-state index contributed by atoms with van der Waals surface area (Å²) in [6, 6.07) is 16.2. The second-order valence-corrected chi connectivity index (χ2v) is 7.66. The third-order valence-electron chi connectivity index (χ3n) is 4.03. The molecule has 0 fully saturated rings. The highest BCUT2D eigenvalue weighted by molar-refractivity contribution is 9.11. The standard InChI is InChI=1S/C20H13Br2N3O2/c21-12-7-11(19(27)15(22)8-12)10-23-13-5-6-18(26)14(9-13)20-24-16-3-1-2-4-17(16)25-20/h1-10,26-27H,(H,24,25). The van der Waals surface area contributed by atoms with Crippen LogP contribution in [0, 0.1) is 0 Å². The number of imidazole rings is 1. The minimum absolute atomic E-state index is 0.109. The van der Waals surface area contributed by atoms with Crippen molar-refractivity contribution in [1.29, 1.82) is 0 Å². The van der Waals surface area contributed by atoms with Crippen LogP contribution >= 0.6 is 31.9 Å². The van der Waals surface area contributed by atoms with Crippen molar-refractivity contribution < 1.29 is 10.2 Å². The Bertz CT molecular complexity index is 1150. The summed E-state index contributed by atoms with van der Waals surface area (Å²) in [5.41, 5.74) is 3.46. The number of halogens is 2. The topological polar surface area (TPSA) is 81.5 Å². The molecule has 0 saturated heterocycles. The molecule has 0 spiro atoms. The molecular weight excluding hydrogens is 474 g/mol. The first-order chi connectivity index (χ1) is 13.0. The second kappa shape index (κ2) is 7.17. The third kappa shape index (κ3) is 3.61. The zero-order chi connectivity index (χ0) is 19.0. The van der Waals surface area contributed by atoms with Crippen LogP contribution in [0.2, 0.25) is 0 Å². The van der Waals surface area contributed by atoms with Crippen LogP contribution in [0.25, 0.3) is 22.4 Å². The van der Waals surface area contributed by atoms with Gasteiger partial charge in [0, 0.05) is 16.3 Å². The fraction of sp³-hybridized carbons (Fsp3) is 0. The van der Waals surface area contributed by atoms with Gasteiger partial charge < -0.3 is 15.2 Å². The summed E-state index contributed by atoms with van der Waals surface area (Å²) in [5.74, 6) is 0.790. The average molecular weight is 487 g/mol. The smallest absolute Gasteiger partial charge is 0.142 e. The maximum Gasteiger partial charge on any atom is 0.142 e.